The molecular weight excluding hydrogens is 252 g/mol. The van der Waals surface area contributed by atoms with Crippen LogP contribution in [0.25, 0.3) is 0 Å². The Balaban J connectivity index is 2.23. The minimum atomic E-state index is -0.314. The van der Waals surface area contributed by atoms with Gasteiger partial charge in [-0.25, -0.2) is 0 Å². The summed E-state index contributed by atoms with van der Waals surface area (Å²) in [5.74, 6) is -0.314. The fourth-order valence-electron chi connectivity index (χ4n) is 1.50. The number of benzene rings is 1. The average molecular weight is 265 g/mol. The average Bonchev–Trinajstić information content (AvgIpc) is 2.64. The largest absolute Gasteiger partial charge is 0.399 e. The van der Waals surface area contributed by atoms with E-state index in [1.807, 2.05) is 6.92 Å². The molecule has 1 aromatic heterocycles. The van der Waals surface area contributed by atoms with Crippen molar-refractivity contribution in [3.8, 4) is 0 Å². The fourth-order valence-corrected chi connectivity index (χ4v) is 1.66. The first-order chi connectivity index (χ1) is 8.47. The lowest BCUT2D eigenvalue weighted by atomic mass is 10.2. The van der Waals surface area contributed by atoms with Crippen LogP contribution in [0.3, 0.4) is 0 Å². The second-order valence-corrected chi connectivity index (χ2v) is 4.40. The molecule has 2 rings (SSSR count). The SMILES string of the molecule is Cc1cc(C(=O)Nc2cc(N)ccc2Cl)nn1C. The molecule has 0 saturated heterocycles. The van der Waals surface area contributed by atoms with E-state index in [9.17, 15) is 4.79 Å². The Morgan fingerprint density at radius 2 is 2.17 bits per heavy atom. The predicted octanol–water partition coefficient (Wildman–Crippen LogP) is 2.22. The van der Waals surface area contributed by atoms with Gasteiger partial charge in [0.05, 0.1) is 10.7 Å². The van der Waals surface area contributed by atoms with Crippen LogP contribution in [-0.2, 0) is 7.05 Å². The number of hydrogen-bond donors (Lipinski definition) is 2. The number of hydrogen-bond acceptors (Lipinski definition) is 3. The number of carbonyl (C=O) groups is 1. The van der Waals surface area contributed by atoms with E-state index in [0.717, 1.165) is 5.69 Å². The van der Waals surface area contributed by atoms with Gasteiger partial charge in [0.1, 0.15) is 0 Å². The maximum absolute atomic E-state index is 12.0. The number of amides is 1. The van der Waals surface area contributed by atoms with Crippen molar-refractivity contribution in [3.63, 3.8) is 0 Å². The molecule has 0 spiro atoms. The normalized spacial score (nSPS) is 10.4. The van der Waals surface area contributed by atoms with Gasteiger partial charge in [-0.2, -0.15) is 5.10 Å². The molecule has 0 fully saturated rings. The zero-order valence-corrected chi connectivity index (χ0v) is 10.8. The Kier molecular flexibility index (Phi) is 3.25. The summed E-state index contributed by atoms with van der Waals surface area (Å²) >= 11 is 5.97. The van der Waals surface area contributed by atoms with Crippen LogP contribution in [0.4, 0.5) is 11.4 Å². The van der Waals surface area contributed by atoms with Crippen LogP contribution < -0.4 is 11.1 Å². The van der Waals surface area contributed by atoms with Crippen molar-refractivity contribution in [2.24, 2.45) is 7.05 Å². The molecule has 0 unspecified atom stereocenters. The molecule has 5 nitrogen and oxygen atoms in total. The highest BCUT2D eigenvalue weighted by atomic mass is 35.5. The number of aromatic nitrogens is 2. The zero-order valence-electron chi connectivity index (χ0n) is 10.1. The number of nitrogens with zero attached hydrogens (tertiary/aromatic N) is 2. The Labute approximate surface area is 110 Å². The van der Waals surface area contributed by atoms with Crippen molar-refractivity contribution in [2.45, 2.75) is 6.92 Å². The number of nitrogens with one attached hydrogen (secondary N) is 1. The van der Waals surface area contributed by atoms with Gasteiger partial charge in [-0.1, -0.05) is 11.6 Å². The standard InChI is InChI=1S/C12H13ClN4O/c1-7-5-11(16-17(7)2)12(18)15-10-6-8(14)3-4-9(10)13/h3-6H,14H2,1-2H3,(H,15,18). The van der Waals surface area contributed by atoms with Gasteiger partial charge in [0.25, 0.3) is 5.91 Å². The monoisotopic (exact) mass is 264 g/mol. The van der Waals surface area contributed by atoms with Crippen molar-refractivity contribution >= 4 is 28.9 Å². The Morgan fingerprint density at radius 3 is 2.78 bits per heavy atom. The first-order valence-electron chi connectivity index (χ1n) is 5.34. The highest BCUT2D eigenvalue weighted by Crippen LogP contribution is 2.24. The highest BCUT2D eigenvalue weighted by Gasteiger charge is 2.12. The molecule has 1 heterocycles. The summed E-state index contributed by atoms with van der Waals surface area (Å²) in [4.78, 5) is 12.0. The van der Waals surface area contributed by atoms with Gasteiger partial charge >= 0.3 is 0 Å². The summed E-state index contributed by atoms with van der Waals surface area (Å²) in [5.41, 5.74) is 7.89. The lowest BCUT2D eigenvalue weighted by molar-refractivity contribution is 0.102. The molecule has 2 aromatic rings. The summed E-state index contributed by atoms with van der Waals surface area (Å²) in [6.07, 6.45) is 0. The molecule has 0 radical (unpaired) electrons. The predicted molar refractivity (Wildman–Crippen MR) is 71.8 cm³/mol. The molecular formula is C12H13ClN4O. The number of carbonyl (C=O) groups excluding carboxylic acids is 1. The van der Waals surface area contributed by atoms with Gasteiger partial charge in [-0.05, 0) is 31.2 Å². The lowest BCUT2D eigenvalue weighted by Crippen LogP contribution is -2.13. The van der Waals surface area contributed by atoms with Crippen LogP contribution in [-0.4, -0.2) is 15.7 Å². The first-order valence-corrected chi connectivity index (χ1v) is 5.72. The van der Waals surface area contributed by atoms with Crippen LogP contribution in [0, 0.1) is 6.92 Å². The van der Waals surface area contributed by atoms with Crippen molar-refractivity contribution in [2.75, 3.05) is 11.1 Å². The van der Waals surface area contributed by atoms with Crippen molar-refractivity contribution < 1.29 is 4.79 Å². The summed E-state index contributed by atoms with van der Waals surface area (Å²) in [7, 11) is 1.78. The minimum Gasteiger partial charge on any atom is -0.399 e. The molecule has 0 saturated carbocycles. The number of halogens is 1. The van der Waals surface area contributed by atoms with E-state index in [4.69, 9.17) is 17.3 Å². The lowest BCUT2D eigenvalue weighted by Gasteiger charge is -2.06. The van der Waals surface area contributed by atoms with E-state index < -0.39 is 0 Å². The van der Waals surface area contributed by atoms with E-state index >= 15 is 0 Å². The third kappa shape index (κ3) is 2.46. The summed E-state index contributed by atoms with van der Waals surface area (Å²) in [5, 5.41) is 7.21. The van der Waals surface area contributed by atoms with Gasteiger partial charge < -0.3 is 11.1 Å². The molecule has 0 aliphatic rings. The maximum Gasteiger partial charge on any atom is 0.276 e. The summed E-state index contributed by atoms with van der Waals surface area (Å²) in [6, 6.07) is 6.62. The third-order valence-corrected chi connectivity index (χ3v) is 2.91. The molecule has 0 aliphatic carbocycles. The van der Waals surface area contributed by atoms with Gasteiger partial charge in [-0.3, -0.25) is 9.48 Å². The van der Waals surface area contributed by atoms with Gasteiger partial charge in [0.2, 0.25) is 0 Å². The molecule has 0 atom stereocenters. The number of anilines is 2. The molecule has 0 bridgehead atoms. The second-order valence-electron chi connectivity index (χ2n) is 3.99. The third-order valence-electron chi connectivity index (χ3n) is 2.59. The van der Waals surface area contributed by atoms with Crippen molar-refractivity contribution in [1.82, 2.24) is 9.78 Å². The molecule has 0 aliphatic heterocycles. The highest BCUT2D eigenvalue weighted by molar-refractivity contribution is 6.34. The van der Waals surface area contributed by atoms with E-state index in [0.29, 0.717) is 22.1 Å². The van der Waals surface area contributed by atoms with Gasteiger partial charge in [-0.15, -0.1) is 0 Å². The summed E-state index contributed by atoms with van der Waals surface area (Å²) < 4.78 is 1.63. The second kappa shape index (κ2) is 4.70. The topological polar surface area (TPSA) is 72.9 Å². The Morgan fingerprint density at radius 1 is 1.44 bits per heavy atom. The zero-order chi connectivity index (χ0) is 13.3. The van der Waals surface area contributed by atoms with Gasteiger partial charge in [0.15, 0.2) is 5.69 Å². The van der Waals surface area contributed by atoms with E-state index in [1.165, 1.54) is 0 Å². The Hall–Kier alpha value is -2.01. The molecule has 3 N–H and O–H groups in total. The molecule has 18 heavy (non-hydrogen) atoms. The molecule has 1 amide bonds. The first kappa shape index (κ1) is 12.4. The van der Waals surface area contributed by atoms with Crippen LogP contribution in [0.5, 0.6) is 0 Å². The molecule has 6 heteroatoms. The Bertz CT molecular complexity index is 587. The molecule has 94 valence electrons. The molecule has 1 aromatic carbocycles. The van der Waals surface area contributed by atoms with Crippen LogP contribution >= 0.6 is 11.6 Å². The van der Waals surface area contributed by atoms with E-state index in [1.54, 1.807) is 36.0 Å². The summed E-state index contributed by atoms with van der Waals surface area (Å²) in [6.45, 7) is 1.87. The van der Waals surface area contributed by atoms with Crippen LogP contribution in [0.15, 0.2) is 24.3 Å². The minimum absolute atomic E-state index is 0.314. The van der Waals surface area contributed by atoms with E-state index in [-0.39, 0.29) is 5.91 Å². The fraction of sp³-hybridized carbons (Fsp3) is 0.167. The van der Waals surface area contributed by atoms with Gasteiger partial charge in [0, 0.05) is 18.4 Å². The van der Waals surface area contributed by atoms with Crippen LogP contribution in [0.1, 0.15) is 16.2 Å². The number of nitrogen functional groups attached to an aromatic ring is 1. The smallest absolute Gasteiger partial charge is 0.276 e. The number of rotatable bonds is 2. The van der Waals surface area contributed by atoms with E-state index in [2.05, 4.69) is 10.4 Å². The maximum atomic E-state index is 12.0. The van der Waals surface area contributed by atoms with Crippen LogP contribution in [0.2, 0.25) is 5.02 Å². The quantitative estimate of drug-likeness (QED) is 0.817. The van der Waals surface area contributed by atoms with Crippen molar-refractivity contribution in [1.29, 1.82) is 0 Å². The van der Waals surface area contributed by atoms with Crippen molar-refractivity contribution in [3.05, 3.63) is 40.7 Å². The number of aryl methyl sites for hydroxylation is 2. The number of nitrogens with two attached hydrogens (primary N) is 1.